The van der Waals surface area contributed by atoms with Gasteiger partial charge in [0, 0.05) is 12.0 Å². The number of hydrogen-bond donors (Lipinski definition) is 2. The first-order valence-electron chi connectivity index (χ1n) is 5.87. The molecule has 0 saturated heterocycles. The van der Waals surface area contributed by atoms with E-state index in [-0.39, 0.29) is 11.6 Å². The average molecular weight is 238 g/mol. The van der Waals surface area contributed by atoms with Gasteiger partial charge in [0.25, 0.3) is 5.91 Å². The molecule has 1 unspecified atom stereocenters. The minimum Gasteiger partial charge on any atom is -0.391 e. The van der Waals surface area contributed by atoms with Crippen molar-refractivity contribution in [1.29, 1.82) is 0 Å². The lowest BCUT2D eigenvalue weighted by atomic mass is 9.98. The lowest BCUT2D eigenvalue weighted by molar-refractivity contribution is 0.0702. The van der Waals surface area contributed by atoms with Crippen LogP contribution in [0.4, 0.5) is 0 Å². The Morgan fingerprint density at radius 2 is 2.29 bits per heavy atom. The predicted molar refractivity (Wildman–Crippen MR) is 61.7 cm³/mol. The Labute approximate surface area is 100 Å². The first kappa shape index (κ1) is 12.1. The van der Waals surface area contributed by atoms with E-state index in [1.54, 1.807) is 26.8 Å². The van der Waals surface area contributed by atoms with Crippen LogP contribution >= 0.6 is 0 Å². The van der Waals surface area contributed by atoms with Crippen LogP contribution in [0.25, 0.3) is 0 Å². The SMILES string of the molecule is CC(O)C(C)(C)NC(=O)c1cc(C2CC2)on1. The zero-order valence-electron chi connectivity index (χ0n) is 10.4. The summed E-state index contributed by atoms with van der Waals surface area (Å²) < 4.78 is 5.11. The number of carbonyl (C=O) groups excluding carboxylic acids is 1. The quantitative estimate of drug-likeness (QED) is 0.832. The largest absolute Gasteiger partial charge is 0.391 e. The van der Waals surface area contributed by atoms with Crippen molar-refractivity contribution in [3.8, 4) is 0 Å². The maximum atomic E-state index is 11.9. The number of aliphatic hydroxyl groups excluding tert-OH is 1. The van der Waals surface area contributed by atoms with Gasteiger partial charge in [-0.1, -0.05) is 5.16 Å². The summed E-state index contributed by atoms with van der Waals surface area (Å²) in [7, 11) is 0. The first-order valence-corrected chi connectivity index (χ1v) is 5.87. The van der Waals surface area contributed by atoms with E-state index in [4.69, 9.17) is 4.52 Å². The number of carbonyl (C=O) groups is 1. The van der Waals surface area contributed by atoms with Crippen LogP contribution in [-0.2, 0) is 0 Å². The zero-order valence-corrected chi connectivity index (χ0v) is 10.4. The highest BCUT2D eigenvalue weighted by atomic mass is 16.5. The summed E-state index contributed by atoms with van der Waals surface area (Å²) in [5.41, 5.74) is -0.406. The van der Waals surface area contributed by atoms with E-state index in [0.29, 0.717) is 5.92 Å². The number of aromatic nitrogens is 1. The summed E-state index contributed by atoms with van der Waals surface area (Å²) in [5, 5.41) is 16.0. The second-order valence-corrected chi connectivity index (χ2v) is 5.24. The molecule has 0 radical (unpaired) electrons. The number of rotatable bonds is 4. The molecule has 5 heteroatoms. The zero-order chi connectivity index (χ0) is 12.6. The van der Waals surface area contributed by atoms with Gasteiger partial charge >= 0.3 is 0 Å². The second-order valence-electron chi connectivity index (χ2n) is 5.24. The Kier molecular flexibility index (Phi) is 2.95. The summed E-state index contributed by atoms with van der Waals surface area (Å²) in [6.45, 7) is 5.16. The normalized spacial score (nSPS) is 17.9. The molecule has 94 valence electrons. The Hall–Kier alpha value is -1.36. The number of hydrogen-bond acceptors (Lipinski definition) is 4. The molecular weight excluding hydrogens is 220 g/mol. The molecule has 1 aliphatic rings. The fraction of sp³-hybridized carbons (Fsp3) is 0.667. The molecule has 0 aliphatic heterocycles. The summed E-state index contributed by atoms with van der Waals surface area (Å²) in [6.07, 6.45) is 1.58. The molecule has 1 heterocycles. The van der Waals surface area contributed by atoms with Gasteiger partial charge in [-0.2, -0.15) is 0 Å². The highest BCUT2D eigenvalue weighted by Gasteiger charge is 2.31. The van der Waals surface area contributed by atoms with Crippen molar-refractivity contribution in [2.75, 3.05) is 0 Å². The van der Waals surface area contributed by atoms with Crippen molar-refractivity contribution >= 4 is 5.91 Å². The first-order chi connectivity index (χ1) is 7.90. The topological polar surface area (TPSA) is 75.4 Å². The van der Waals surface area contributed by atoms with Crippen molar-refractivity contribution in [1.82, 2.24) is 10.5 Å². The van der Waals surface area contributed by atoms with Gasteiger partial charge in [-0.15, -0.1) is 0 Å². The molecule has 1 aliphatic carbocycles. The molecule has 0 aromatic carbocycles. The van der Waals surface area contributed by atoms with Gasteiger partial charge in [0.15, 0.2) is 5.69 Å². The van der Waals surface area contributed by atoms with Crippen LogP contribution < -0.4 is 5.32 Å². The van der Waals surface area contributed by atoms with E-state index in [2.05, 4.69) is 10.5 Å². The Bertz CT molecular complexity index is 419. The monoisotopic (exact) mass is 238 g/mol. The highest BCUT2D eigenvalue weighted by molar-refractivity contribution is 5.92. The molecule has 1 amide bonds. The standard InChI is InChI=1S/C12H18N2O3/c1-7(15)12(2,3)13-11(16)9-6-10(17-14-9)8-4-5-8/h6-8,15H,4-5H2,1-3H3,(H,13,16). The third-order valence-corrected chi connectivity index (χ3v) is 3.22. The van der Waals surface area contributed by atoms with Gasteiger partial charge < -0.3 is 14.9 Å². The lowest BCUT2D eigenvalue weighted by Crippen LogP contribution is -2.51. The Morgan fingerprint density at radius 3 is 2.82 bits per heavy atom. The molecule has 1 aromatic heterocycles. The fourth-order valence-corrected chi connectivity index (χ4v) is 1.42. The van der Waals surface area contributed by atoms with E-state index < -0.39 is 11.6 Å². The smallest absolute Gasteiger partial charge is 0.273 e. The van der Waals surface area contributed by atoms with Gasteiger partial charge in [0.1, 0.15) is 5.76 Å². The number of aliphatic hydroxyl groups is 1. The number of amides is 1. The molecular formula is C12H18N2O3. The van der Waals surface area contributed by atoms with Crippen molar-refractivity contribution < 1.29 is 14.4 Å². The van der Waals surface area contributed by atoms with Crippen LogP contribution in [0.1, 0.15) is 55.8 Å². The minimum absolute atomic E-state index is 0.278. The molecule has 1 fully saturated rings. The maximum absolute atomic E-state index is 11.9. The minimum atomic E-state index is -0.685. The molecule has 0 bridgehead atoms. The summed E-state index contributed by atoms with van der Waals surface area (Å²) in [4.78, 5) is 11.9. The average Bonchev–Trinajstić information content (AvgIpc) is 2.95. The van der Waals surface area contributed by atoms with Crippen LogP contribution in [0.2, 0.25) is 0 Å². The number of nitrogens with one attached hydrogen (secondary N) is 1. The van der Waals surface area contributed by atoms with Crippen LogP contribution in [0.3, 0.4) is 0 Å². The third-order valence-electron chi connectivity index (χ3n) is 3.22. The van der Waals surface area contributed by atoms with Crippen LogP contribution in [0, 0.1) is 0 Å². The van der Waals surface area contributed by atoms with Crippen molar-refractivity contribution in [3.05, 3.63) is 17.5 Å². The summed E-state index contributed by atoms with van der Waals surface area (Å²) in [6, 6.07) is 1.69. The molecule has 0 spiro atoms. The lowest BCUT2D eigenvalue weighted by Gasteiger charge is -2.28. The molecule has 2 N–H and O–H groups in total. The van der Waals surface area contributed by atoms with Crippen LogP contribution in [-0.4, -0.2) is 27.8 Å². The van der Waals surface area contributed by atoms with Gasteiger partial charge in [0.2, 0.25) is 0 Å². The van der Waals surface area contributed by atoms with Crippen LogP contribution in [0.15, 0.2) is 10.6 Å². The second kappa shape index (κ2) is 4.14. The van der Waals surface area contributed by atoms with E-state index in [9.17, 15) is 9.90 Å². The molecule has 5 nitrogen and oxygen atoms in total. The van der Waals surface area contributed by atoms with Crippen molar-refractivity contribution in [2.24, 2.45) is 0 Å². The highest BCUT2D eigenvalue weighted by Crippen LogP contribution is 2.40. The van der Waals surface area contributed by atoms with E-state index in [1.165, 1.54) is 0 Å². The summed E-state index contributed by atoms with van der Waals surface area (Å²) >= 11 is 0. The fourth-order valence-electron chi connectivity index (χ4n) is 1.42. The Balaban J connectivity index is 2.03. The van der Waals surface area contributed by atoms with Crippen molar-refractivity contribution in [3.63, 3.8) is 0 Å². The van der Waals surface area contributed by atoms with Crippen molar-refractivity contribution in [2.45, 2.75) is 51.2 Å². The molecule has 1 atom stereocenters. The summed E-state index contributed by atoms with van der Waals surface area (Å²) in [5.74, 6) is 0.908. The van der Waals surface area contributed by atoms with Gasteiger partial charge in [-0.05, 0) is 33.6 Å². The Morgan fingerprint density at radius 1 is 1.65 bits per heavy atom. The third kappa shape index (κ3) is 2.66. The van der Waals surface area contributed by atoms with E-state index >= 15 is 0 Å². The molecule has 1 saturated carbocycles. The maximum Gasteiger partial charge on any atom is 0.273 e. The predicted octanol–water partition coefficient (Wildman–Crippen LogP) is 1.44. The number of nitrogens with zero attached hydrogens (tertiary/aromatic N) is 1. The van der Waals surface area contributed by atoms with E-state index in [0.717, 1.165) is 18.6 Å². The van der Waals surface area contributed by atoms with Gasteiger partial charge in [0.05, 0.1) is 11.6 Å². The molecule has 17 heavy (non-hydrogen) atoms. The van der Waals surface area contributed by atoms with Gasteiger partial charge in [-0.25, -0.2) is 0 Å². The van der Waals surface area contributed by atoms with E-state index in [1.807, 2.05) is 0 Å². The molecule has 1 aromatic rings. The van der Waals surface area contributed by atoms with Gasteiger partial charge in [-0.3, -0.25) is 4.79 Å². The molecule has 2 rings (SSSR count). The van der Waals surface area contributed by atoms with Crippen LogP contribution in [0.5, 0.6) is 0 Å².